The van der Waals surface area contributed by atoms with Crippen LogP contribution in [0.5, 0.6) is 0 Å². The number of aryl methyl sites for hydroxylation is 1. The summed E-state index contributed by atoms with van der Waals surface area (Å²) in [5, 5.41) is 10.2. The fraction of sp³-hybridized carbons (Fsp3) is 0.471. The molecule has 1 aromatic heterocycles. The van der Waals surface area contributed by atoms with Gasteiger partial charge in [-0.3, -0.25) is 24.6 Å². The van der Waals surface area contributed by atoms with E-state index in [-0.39, 0.29) is 29.3 Å². The Hall–Kier alpha value is -3.34. The molecule has 3 saturated heterocycles. The number of nitrogens with zero attached hydrogens (tertiary/aromatic N) is 4. The number of carbonyl (C=O) groups is 2. The fourth-order valence-corrected chi connectivity index (χ4v) is 7.56. The summed E-state index contributed by atoms with van der Waals surface area (Å²) < 4.78 is 1.86. The lowest BCUT2D eigenvalue weighted by Gasteiger charge is -2.37. The van der Waals surface area contributed by atoms with Crippen molar-refractivity contribution in [1.82, 2.24) is 24.9 Å². The van der Waals surface area contributed by atoms with Crippen LogP contribution in [0, 0.1) is 0 Å². The van der Waals surface area contributed by atoms with Gasteiger partial charge in [-0.25, -0.2) is 4.68 Å². The van der Waals surface area contributed by atoms with Gasteiger partial charge in [0.15, 0.2) is 0 Å². The van der Waals surface area contributed by atoms with E-state index in [1.165, 1.54) is 21.4 Å². The molecule has 3 atom stereocenters. The highest BCUT2D eigenvalue weighted by Gasteiger charge is 2.29. The van der Waals surface area contributed by atoms with E-state index >= 15 is 0 Å². The zero-order chi connectivity index (χ0) is 30.8. The zero-order valence-corrected chi connectivity index (χ0v) is 27.1. The second-order valence-electron chi connectivity index (χ2n) is 12.8. The predicted octanol–water partition coefficient (Wildman–Crippen LogP) is 4.34. The number of aromatic nitrogens is 2. The Morgan fingerprint density at radius 2 is 1.55 bits per heavy atom. The Kier molecular flexibility index (Phi) is 9.30. The number of rotatable bonds is 7. The number of imide groups is 1. The molecule has 2 N–H and O–H groups in total. The molecule has 9 nitrogen and oxygen atoms in total. The number of nitrogens with one attached hydrogen (secondary N) is 2. The molecule has 0 spiro atoms. The molecule has 6 rings (SSSR count). The Morgan fingerprint density at radius 1 is 0.886 bits per heavy atom. The number of likely N-dealkylation sites (tertiary alicyclic amines) is 2. The summed E-state index contributed by atoms with van der Waals surface area (Å²) in [6, 6.07) is 17.9. The number of carbonyl (C=O) groups excluding carboxylic acids is 2. The Labute approximate surface area is 267 Å². The lowest BCUT2D eigenvalue weighted by atomic mass is 9.86. The van der Waals surface area contributed by atoms with E-state index in [0.29, 0.717) is 29.2 Å². The number of hydrogen-bond acceptors (Lipinski definition) is 7. The molecule has 44 heavy (non-hydrogen) atoms. The highest BCUT2D eigenvalue weighted by molar-refractivity contribution is 9.10. The maximum Gasteiger partial charge on any atom is 0.282 e. The molecule has 232 valence electrons. The SMILES string of the molecule is CN1CC(Nc2cnn(C)c(=O)c2Br)CC(c2ccc(CN3CCC(c4ccc(C5CCC(=O)NC5=O)cc4)CC3)cc2)C1. The predicted molar refractivity (Wildman–Crippen MR) is 175 cm³/mol. The van der Waals surface area contributed by atoms with Crippen molar-refractivity contribution in [3.8, 4) is 0 Å². The van der Waals surface area contributed by atoms with Crippen molar-refractivity contribution in [2.45, 2.75) is 62.4 Å². The molecule has 0 bridgehead atoms. The van der Waals surface area contributed by atoms with Crippen LogP contribution in [0.2, 0.25) is 0 Å². The largest absolute Gasteiger partial charge is 0.379 e. The first-order chi connectivity index (χ1) is 21.2. The lowest BCUT2D eigenvalue weighted by Crippen LogP contribution is -2.43. The van der Waals surface area contributed by atoms with Gasteiger partial charge in [-0.05, 0) is 95.8 Å². The zero-order valence-electron chi connectivity index (χ0n) is 25.5. The standard InChI is InChI=1S/C34H41BrN6O3/c1-39-20-27(17-28(21-39)37-30-18-36-40(2)34(44)32(30)35)24-5-3-22(4-6-24)19-41-15-13-25(14-16-41)23-7-9-26(10-8-23)29-11-12-31(42)38-33(29)43/h3-10,18,25,27-29,37H,11-17,19-21H2,1-2H3,(H,38,42,43). The normalized spacial score (nSPS) is 23.8. The molecule has 3 unspecified atom stereocenters. The smallest absolute Gasteiger partial charge is 0.282 e. The van der Waals surface area contributed by atoms with Crippen LogP contribution in [0.4, 0.5) is 5.69 Å². The van der Waals surface area contributed by atoms with Crippen molar-refractivity contribution in [3.05, 3.63) is 91.8 Å². The van der Waals surface area contributed by atoms with Gasteiger partial charge in [0.05, 0.1) is 17.8 Å². The molecule has 0 aliphatic carbocycles. The fourth-order valence-electron chi connectivity index (χ4n) is 7.09. The van der Waals surface area contributed by atoms with E-state index < -0.39 is 0 Å². The van der Waals surface area contributed by atoms with Crippen molar-refractivity contribution < 1.29 is 9.59 Å². The van der Waals surface area contributed by atoms with Crippen LogP contribution in [0.3, 0.4) is 0 Å². The number of likely N-dealkylation sites (N-methyl/N-ethyl adjacent to an activating group) is 1. The molecule has 2 aromatic carbocycles. The van der Waals surface area contributed by atoms with Crippen molar-refractivity contribution >= 4 is 33.4 Å². The summed E-state index contributed by atoms with van der Waals surface area (Å²) in [5.74, 6) is 0.375. The number of benzene rings is 2. The second kappa shape index (κ2) is 13.3. The Morgan fingerprint density at radius 3 is 2.25 bits per heavy atom. The van der Waals surface area contributed by atoms with Crippen LogP contribution in [-0.4, -0.2) is 70.7 Å². The minimum atomic E-state index is -0.224. The Bertz CT molecular complexity index is 1550. The van der Waals surface area contributed by atoms with E-state index in [0.717, 1.165) is 63.2 Å². The van der Waals surface area contributed by atoms with Crippen molar-refractivity contribution in [1.29, 1.82) is 0 Å². The first kappa shape index (κ1) is 30.7. The average Bonchev–Trinajstić information content (AvgIpc) is 3.02. The molecule has 3 fully saturated rings. The Balaban J connectivity index is 1.00. The third kappa shape index (κ3) is 6.98. The molecule has 0 radical (unpaired) electrons. The summed E-state index contributed by atoms with van der Waals surface area (Å²) in [6.45, 7) is 5.01. The van der Waals surface area contributed by atoms with Crippen molar-refractivity contribution in [3.63, 3.8) is 0 Å². The van der Waals surface area contributed by atoms with Crippen LogP contribution < -0.4 is 16.2 Å². The van der Waals surface area contributed by atoms with Crippen molar-refractivity contribution in [2.75, 3.05) is 38.5 Å². The maximum absolute atomic E-state index is 12.3. The molecular weight excluding hydrogens is 620 g/mol. The first-order valence-electron chi connectivity index (χ1n) is 15.6. The summed E-state index contributed by atoms with van der Waals surface area (Å²) in [7, 11) is 3.81. The lowest BCUT2D eigenvalue weighted by molar-refractivity contribution is -0.134. The van der Waals surface area contributed by atoms with Crippen LogP contribution in [0.15, 0.2) is 64.0 Å². The van der Waals surface area contributed by atoms with Crippen molar-refractivity contribution in [2.24, 2.45) is 7.05 Å². The molecule has 0 saturated carbocycles. The summed E-state index contributed by atoms with van der Waals surface area (Å²) in [5.41, 5.74) is 5.64. The number of piperidine rings is 3. The molecule has 10 heteroatoms. The van der Waals surface area contributed by atoms with E-state index in [4.69, 9.17) is 0 Å². The highest BCUT2D eigenvalue weighted by atomic mass is 79.9. The molecule has 4 heterocycles. The van der Waals surface area contributed by atoms with Crippen LogP contribution >= 0.6 is 15.9 Å². The average molecular weight is 662 g/mol. The molecule has 2 amide bonds. The van der Waals surface area contributed by atoms with Gasteiger partial charge in [-0.2, -0.15) is 5.10 Å². The molecule has 3 aromatic rings. The quantitative estimate of drug-likeness (QED) is 0.364. The van der Waals surface area contributed by atoms with Gasteiger partial charge in [0.25, 0.3) is 5.56 Å². The van der Waals surface area contributed by atoms with Gasteiger partial charge in [-0.1, -0.05) is 48.5 Å². The topological polar surface area (TPSA) is 99.6 Å². The van der Waals surface area contributed by atoms with E-state index in [1.54, 1.807) is 13.2 Å². The van der Waals surface area contributed by atoms with Gasteiger partial charge in [0.2, 0.25) is 11.8 Å². The number of hydrogen-bond donors (Lipinski definition) is 2. The van der Waals surface area contributed by atoms with Crippen LogP contribution in [0.25, 0.3) is 0 Å². The van der Waals surface area contributed by atoms with Gasteiger partial charge < -0.3 is 10.2 Å². The van der Waals surface area contributed by atoms with Crippen LogP contribution in [-0.2, 0) is 23.2 Å². The van der Waals surface area contributed by atoms with Gasteiger partial charge in [0, 0.05) is 39.1 Å². The number of halogens is 1. The third-order valence-corrected chi connectivity index (χ3v) is 10.3. The van der Waals surface area contributed by atoms with E-state index in [1.807, 2.05) is 0 Å². The maximum atomic E-state index is 12.3. The summed E-state index contributed by atoms with van der Waals surface area (Å²) in [4.78, 5) is 40.9. The number of amides is 2. The monoisotopic (exact) mass is 660 g/mol. The highest BCUT2D eigenvalue weighted by Crippen LogP contribution is 2.33. The second-order valence-corrected chi connectivity index (χ2v) is 13.6. The first-order valence-corrected chi connectivity index (χ1v) is 16.4. The van der Waals surface area contributed by atoms with Gasteiger partial charge in [0.1, 0.15) is 4.47 Å². The third-order valence-electron chi connectivity index (χ3n) is 9.57. The molecule has 3 aliphatic heterocycles. The molecular formula is C34H41BrN6O3. The minimum Gasteiger partial charge on any atom is -0.379 e. The van der Waals surface area contributed by atoms with Gasteiger partial charge >= 0.3 is 0 Å². The van der Waals surface area contributed by atoms with E-state index in [9.17, 15) is 14.4 Å². The van der Waals surface area contributed by atoms with Crippen LogP contribution in [0.1, 0.15) is 72.1 Å². The van der Waals surface area contributed by atoms with E-state index in [2.05, 4.69) is 97.0 Å². The summed E-state index contributed by atoms with van der Waals surface area (Å²) >= 11 is 3.44. The summed E-state index contributed by atoms with van der Waals surface area (Å²) in [6.07, 6.45) is 5.95. The minimum absolute atomic E-state index is 0.142. The number of anilines is 1. The molecule has 3 aliphatic rings. The van der Waals surface area contributed by atoms with Gasteiger partial charge in [-0.15, -0.1) is 0 Å².